The van der Waals surface area contributed by atoms with Crippen molar-refractivity contribution in [3.8, 4) is 0 Å². The van der Waals surface area contributed by atoms with E-state index in [1.54, 1.807) is 0 Å². The first-order chi connectivity index (χ1) is 9.79. The molecule has 2 aliphatic heterocycles. The molecule has 2 unspecified atom stereocenters. The van der Waals surface area contributed by atoms with Crippen molar-refractivity contribution in [2.75, 3.05) is 20.6 Å². The molecule has 122 valence electrons. The summed E-state index contributed by atoms with van der Waals surface area (Å²) in [6, 6.07) is 0.859. The number of aliphatic carboxylic acids is 1. The fraction of sp³-hybridized carbons (Fsp3) is 0.923. The first-order valence-electron chi connectivity index (χ1n) is 7.47. The van der Waals surface area contributed by atoms with Crippen molar-refractivity contribution in [1.82, 2.24) is 13.9 Å². The number of carbonyl (C=O) groups is 1. The molecule has 0 aromatic carbocycles. The summed E-state index contributed by atoms with van der Waals surface area (Å²) >= 11 is 0. The number of nitrogens with one attached hydrogen (secondary N) is 1. The van der Waals surface area contributed by atoms with E-state index in [-0.39, 0.29) is 19.0 Å². The fourth-order valence-corrected chi connectivity index (χ4v) is 4.51. The molecule has 0 saturated carbocycles. The average molecular weight is 319 g/mol. The number of hydrogen-bond donors (Lipinski definition) is 2. The van der Waals surface area contributed by atoms with E-state index in [0.717, 1.165) is 30.0 Å². The van der Waals surface area contributed by atoms with Crippen LogP contribution in [-0.4, -0.2) is 67.5 Å². The fourth-order valence-electron chi connectivity index (χ4n) is 3.39. The molecule has 2 bridgehead atoms. The van der Waals surface area contributed by atoms with E-state index in [1.165, 1.54) is 13.5 Å². The van der Waals surface area contributed by atoms with E-state index in [2.05, 4.69) is 16.7 Å². The van der Waals surface area contributed by atoms with Crippen LogP contribution in [0.2, 0.25) is 0 Å². The van der Waals surface area contributed by atoms with Gasteiger partial charge in [-0.15, -0.1) is 0 Å². The van der Waals surface area contributed by atoms with Crippen LogP contribution in [0.3, 0.4) is 0 Å². The van der Waals surface area contributed by atoms with Crippen molar-refractivity contribution in [1.29, 1.82) is 0 Å². The molecule has 2 atom stereocenters. The van der Waals surface area contributed by atoms with Gasteiger partial charge in [0.15, 0.2) is 0 Å². The third kappa shape index (κ3) is 4.15. The van der Waals surface area contributed by atoms with Crippen molar-refractivity contribution >= 4 is 16.2 Å². The summed E-state index contributed by atoms with van der Waals surface area (Å²) in [4.78, 5) is 12.9. The van der Waals surface area contributed by atoms with Gasteiger partial charge in [-0.05, 0) is 32.7 Å². The summed E-state index contributed by atoms with van der Waals surface area (Å²) in [5.41, 5.74) is 0. The molecular formula is C13H25N3O4S. The molecule has 8 heteroatoms. The normalized spacial score (nSPS) is 30.5. The van der Waals surface area contributed by atoms with E-state index >= 15 is 0 Å². The highest BCUT2D eigenvalue weighted by atomic mass is 32.2. The first kappa shape index (κ1) is 16.7. The summed E-state index contributed by atoms with van der Waals surface area (Å²) in [6.07, 6.45) is 4.95. The number of carboxylic acid groups (broad SMARTS) is 1. The molecule has 2 aliphatic rings. The SMILES string of the molecule is CN1C2CCCC1CC(NS(=O)(=O)N(C)CCC(=O)O)C2. The Morgan fingerprint density at radius 3 is 2.43 bits per heavy atom. The number of nitrogens with zero attached hydrogens (tertiary/aromatic N) is 2. The molecule has 0 aliphatic carbocycles. The van der Waals surface area contributed by atoms with Crippen LogP contribution < -0.4 is 4.72 Å². The zero-order valence-electron chi connectivity index (χ0n) is 12.7. The number of fused-ring (bicyclic) bond motifs is 2. The van der Waals surface area contributed by atoms with E-state index in [4.69, 9.17) is 5.11 Å². The molecule has 2 saturated heterocycles. The van der Waals surface area contributed by atoms with Gasteiger partial charge in [0.25, 0.3) is 10.2 Å². The number of hydrogen-bond acceptors (Lipinski definition) is 4. The highest BCUT2D eigenvalue weighted by molar-refractivity contribution is 7.87. The van der Waals surface area contributed by atoms with Crippen LogP contribution in [0.1, 0.15) is 38.5 Å². The van der Waals surface area contributed by atoms with Gasteiger partial charge in [-0.1, -0.05) is 6.42 Å². The first-order valence-corrected chi connectivity index (χ1v) is 8.91. The lowest BCUT2D eigenvalue weighted by Crippen LogP contribution is -2.56. The van der Waals surface area contributed by atoms with E-state index < -0.39 is 16.2 Å². The maximum atomic E-state index is 12.2. The van der Waals surface area contributed by atoms with Gasteiger partial charge < -0.3 is 10.0 Å². The second-order valence-electron chi connectivity index (χ2n) is 6.16. The summed E-state index contributed by atoms with van der Waals surface area (Å²) in [7, 11) is -0.0616. The molecule has 0 aromatic rings. The second-order valence-corrected chi connectivity index (χ2v) is 7.97. The van der Waals surface area contributed by atoms with Gasteiger partial charge in [0.1, 0.15) is 0 Å². The quantitative estimate of drug-likeness (QED) is 0.732. The van der Waals surface area contributed by atoms with Crippen LogP contribution >= 0.6 is 0 Å². The molecule has 0 spiro atoms. The van der Waals surface area contributed by atoms with Crippen LogP contribution in [0.25, 0.3) is 0 Å². The number of rotatable bonds is 6. The minimum atomic E-state index is -3.60. The highest BCUT2D eigenvalue weighted by Crippen LogP contribution is 2.32. The van der Waals surface area contributed by atoms with E-state index in [0.29, 0.717) is 12.1 Å². The van der Waals surface area contributed by atoms with Crippen LogP contribution in [0.4, 0.5) is 0 Å². The summed E-state index contributed by atoms with van der Waals surface area (Å²) in [5.74, 6) is -0.995. The molecule has 7 nitrogen and oxygen atoms in total. The van der Waals surface area contributed by atoms with Gasteiger partial charge in [-0.3, -0.25) is 4.79 Å². The predicted molar refractivity (Wildman–Crippen MR) is 79.2 cm³/mol. The minimum Gasteiger partial charge on any atom is -0.481 e. The zero-order chi connectivity index (χ0) is 15.6. The monoisotopic (exact) mass is 319 g/mol. The van der Waals surface area contributed by atoms with Crippen LogP contribution in [0.5, 0.6) is 0 Å². The summed E-state index contributed by atoms with van der Waals surface area (Å²) in [5, 5.41) is 8.64. The molecule has 0 radical (unpaired) electrons. The third-order valence-corrected chi connectivity index (χ3v) is 6.34. The molecule has 0 amide bonds. The van der Waals surface area contributed by atoms with Gasteiger partial charge in [0.2, 0.25) is 0 Å². The van der Waals surface area contributed by atoms with E-state index in [1.807, 2.05) is 0 Å². The Morgan fingerprint density at radius 2 is 1.90 bits per heavy atom. The van der Waals surface area contributed by atoms with Gasteiger partial charge >= 0.3 is 5.97 Å². The maximum absolute atomic E-state index is 12.2. The second kappa shape index (κ2) is 6.60. The molecule has 2 rings (SSSR count). The van der Waals surface area contributed by atoms with Crippen molar-refractivity contribution < 1.29 is 18.3 Å². The highest BCUT2D eigenvalue weighted by Gasteiger charge is 2.37. The van der Waals surface area contributed by atoms with Gasteiger partial charge in [0.05, 0.1) is 6.42 Å². The van der Waals surface area contributed by atoms with E-state index in [9.17, 15) is 13.2 Å². The van der Waals surface area contributed by atoms with Gasteiger partial charge in [-0.2, -0.15) is 17.4 Å². The number of carboxylic acids is 1. The Kier molecular flexibility index (Phi) is 5.24. The molecule has 2 N–H and O–H groups in total. The number of piperidine rings is 2. The Morgan fingerprint density at radius 1 is 1.33 bits per heavy atom. The molecule has 2 heterocycles. The van der Waals surface area contributed by atoms with Crippen molar-refractivity contribution in [2.45, 2.75) is 56.7 Å². The van der Waals surface area contributed by atoms with Gasteiger partial charge in [-0.25, -0.2) is 0 Å². The Bertz CT molecular complexity index is 468. The Labute approximate surface area is 126 Å². The van der Waals surface area contributed by atoms with Crippen molar-refractivity contribution in [3.63, 3.8) is 0 Å². The Hall–Kier alpha value is -0.700. The van der Waals surface area contributed by atoms with Crippen LogP contribution in [0.15, 0.2) is 0 Å². The van der Waals surface area contributed by atoms with Gasteiger partial charge in [0, 0.05) is 31.7 Å². The lowest BCUT2D eigenvalue weighted by molar-refractivity contribution is -0.137. The largest absolute Gasteiger partial charge is 0.481 e. The van der Waals surface area contributed by atoms with Crippen molar-refractivity contribution in [3.05, 3.63) is 0 Å². The topological polar surface area (TPSA) is 90.0 Å². The smallest absolute Gasteiger partial charge is 0.304 e. The average Bonchev–Trinajstić information content (AvgIpc) is 2.36. The Balaban J connectivity index is 1.93. The third-order valence-electron chi connectivity index (χ3n) is 4.71. The standard InChI is InChI=1S/C13H25N3O4S/c1-15(7-6-13(17)18)21(19,20)14-10-8-11-4-3-5-12(9-10)16(11)2/h10-12,14H,3-9H2,1-2H3,(H,17,18). The molecule has 2 fully saturated rings. The summed E-state index contributed by atoms with van der Waals surface area (Å²) in [6.45, 7) is -0.00978. The van der Waals surface area contributed by atoms with Crippen LogP contribution in [-0.2, 0) is 15.0 Å². The maximum Gasteiger partial charge on any atom is 0.304 e. The molecule has 21 heavy (non-hydrogen) atoms. The lowest BCUT2D eigenvalue weighted by atomic mass is 9.83. The zero-order valence-corrected chi connectivity index (χ0v) is 13.5. The van der Waals surface area contributed by atoms with Crippen molar-refractivity contribution in [2.24, 2.45) is 0 Å². The molecular weight excluding hydrogens is 294 g/mol. The lowest BCUT2D eigenvalue weighted by Gasteiger charge is -2.47. The predicted octanol–water partition coefficient (Wildman–Crippen LogP) is 0.243. The summed E-state index contributed by atoms with van der Waals surface area (Å²) < 4.78 is 28.3. The minimum absolute atomic E-state index is 0.00978. The van der Waals surface area contributed by atoms with Crippen LogP contribution in [0, 0.1) is 0 Å². The molecule has 0 aromatic heterocycles.